The number of guanidine groups is 1. The van der Waals surface area contributed by atoms with E-state index in [0.717, 1.165) is 25.7 Å². The van der Waals surface area contributed by atoms with Crippen LogP contribution in [0.3, 0.4) is 0 Å². The molecule has 0 heterocycles. The Labute approximate surface area is 280 Å². The van der Waals surface area contributed by atoms with Crippen molar-refractivity contribution >= 4 is 23.9 Å². The summed E-state index contributed by atoms with van der Waals surface area (Å²) in [6.07, 6.45) is 25.8. The van der Waals surface area contributed by atoms with Crippen LogP contribution in [0.1, 0.15) is 168 Å². The predicted molar refractivity (Wildman–Crippen MR) is 187 cm³/mol. The molecule has 0 aliphatic carbocycles. The molecule has 0 spiro atoms. The first-order valence-electron chi connectivity index (χ1n) is 18.7. The van der Waals surface area contributed by atoms with Gasteiger partial charge in [0.05, 0.1) is 26.1 Å². The fourth-order valence-corrected chi connectivity index (χ4v) is 5.23. The summed E-state index contributed by atoms with van der Waals surface area (Å²) in [5.41, 5.74) is 0. The van der Waals surface area contributed by atoms with Gasteiger partial charge in [0.25, 0.3) is 0 Å². The number of carboxylic acid groups (broad SMARTS) is 1. The van der Waals surface area contributed by atoms with E-state index in [2.05, 4.69) is 29.8 Å². The standard InChI is InChI=1S/C36H70N4O6/c1-3-5-7-9-11-13-15-17-19-21-30-45-33(41)25-28-38-32(35(43)44)24-23-27-39-36(37)40-29-26-34(42)46-31-22-20-18-16-14-12-10-8-6-4-2/h32,38H,3-31H2,1-2H3,(H,43,44)(H3,37,39,40). The summed E-state index contributed by atoms with van der Waals surface area (Å²) in [6, 6.07) is -0.774. The molecule has 0 radical (unpaired) electrons. The number of hydrogen-bond acceptors (Lipinski definition) is 7. The molecule has 1 atom stereocenters. The third-order valence-corrected chi connectivity index (χ3v) is 8.14. The van der Waals surface area contributed by atoms with Crippen molar-refractivity contribution in [1.82, 2.24) is 16.0 Å². The molecule has 10 nitrogen and oxygen atoms in total. The summed E-state index contributed by atoms with van der Waals surface area (Å²) in [5.74, 6) is -1.46. The van der Waals surface area contributed by atoms with Gasteiger partial charge in [-0.05, 0) is 25.7 Å². The minimum absolute atomic E-state index is 0.0903. The zero-order valence-corrected chi connectivity index (χ0v) is 29.6. The lowest BCUT2D eigenvalue weighted by molar-refractivity contribution is -0.145. The van der Waals surface area contributed by atoms with Crippen LogP contribution in [-0.4, -0.2) is 67.9 Å². The number of esters is 2. The third kappa shape index (κ3) is 31.6. The zero-order chi connectivity index (χ0) is 33.9. The maximum atomic E-state index is 12.0. The molecule has 0 amide bonds. The van der Waals surface area contributed by atoms with Crippen LogP contribution in [0.25, 0.3) is 0 Å². The Balaban J connectivity index is 3.69. The summed E-state index contributed by atoms with van der Waals surface area (Å²) in [5, 5.41) is 26.1. The monoisotopic (exact) mass is 655 g/mol. The van der Waals surface area contributed by atoms with Gasteiger partial charge in [-0.15, -0.1) is 0 Å². The molecule has 0 aromatic heterocycles. The van der Waals surface area contributed by atoms with Crippen molar-refractivity contribution in [3.8, 4) is 0 Å². The Morgan fingerprint density at radius 1 is 0.565 bits per heavy atom. The molecule has 0 bridgehead atoms. The van der Waals surface area contributed by atoms with Gasteiger partial charge in [-0.3, -0.25) is 19.8 Å². The molecular weight excluding hydrogens is 584 g/mol. The second-order valence-corrected chi connectivity index (χ2v) is 12.5. The molecule has 0 aliphatic rings. The maximum Gasteiger partial charge on any atom is 0.320 e. The second-order valence-electron chi connectivity index (χ2n) is 12.5. The number of carboxylic acids is 1. The SMILES string of the molecule is CCCCCCCCCCCCOC(=O)CCNC(=N)NCCCC(NCCC(=O)OCCCCCCCCCCCC)C(=O)O. The van der Waals surface area contributed by atoms with Gasteiger partial charge < -0.3 is 30.5 Å². The van der Waals surface area contributed by atoms with Gasteiger partial charge in [-0.2, -0.15) is 0 Å². The van der Waals surface area contributed by atoms with Crippen LogP contribution in [0.5, 0.6) is 0 Å². The van der Waals surface area contributed by atoms with Crippen molar-refractivity contribution in [3.63, 3.8) is 0 Å². The van der Waals surface area contributed by atoms with Crippen LogP contribution >= 0.6 is 0 Å². The van der Waals surface area contributed by atoms with Crippen molar-refractivity contribution < 1.29 is 29.0 Å². The molecule has 0 aromatic rings. The van der Waals surface area contributed by atoms with E-state index in [1.807, 2.05) is 0 Å². The molecule has 0 aromatic carbocycles. The number of rotatable bonds is 34. The number of ether oxygens (including phenoxy) is 2. The predicted octanol–water partition coefficient (Wildman–Crippen LogP) is 7.63. The van der Waals surface area contributed by atoms with Crippen LogP contribution in [-0.2, 0) is 23.9 Å². The van der Waals surface area contributed by atoms with Gasteiger partial charge in [-0.25, -0.2) is 0 Å². The number of carbonyl (C=O) groups is 3. The summed E-state index contributed by atoms with van der Waals surface area (Å²) in [6.45, 7) is 6.30. The van der Waals surface area contributed by atoms with Gasteiger partial charge in [0.15, 0.2) is 5.96 Å². The number of unbranched alkanes of at least 4 members (excludes halogenated alkanes) is 18. The largest absolute Gasteiger partial charge is 0.480 e. The van der Waals surface area contributed by atoms with Crippen LogP contribution in [0.2, 0.25) is 0 Å². The highest BCUT2D eigenvalue weighted by Crippen LogP contribution is 2.11. The van der Waals surface area contributed by atoms with E-state index < -0.39 is 12.0 Å². The van der Waals surface area contributed by atoms with E-state index in [0.29, 0.717) is 39.1 Å². The molecule has 270 valence electrons. The smallest absolute Gasteiger partial charge is 0.320 e. The second kappa shape index (κ2) is 34.0. The van der Waals surface area contributed by atoms with E-state index >= 15 is 0 Å². The Morgan fingerprint density at radius 3 is 1.39 bits per heavy atom. The van der Waals surface area contributed by atoms with Crippen LogP contribution in [0.15, 0.2) is 0 Å². The number of carbonyl (C=O) groups excluding carboxylic acids is 2. The van der Waals surface area contributed by atoms with E-state index in [1.165, 1.54) is 103 Å². The van der Waals surface area contributed by atoms with Gasteiger partial charge in [0.1, 0.15) is 6.04 Å². The fraction of sp³-hybridized carbons (Fsp3) is 0.889. The van der Waals surface area contributed by atoms with E-state index in [4.69, 9.17) is 14.9 Å². The molecule has 46 heavy (non-hydrogen) atoms. The van der Waals surface area contributed by atoms with E-state index in [9.17, 15) is 19.5 Å². The molecule has 0 rings (SSSR count). The summed E-state index contributed by atoms with van der Waals surface area (Å²) >= 11 is 0. The molecule has 1 unspecified atom stereocenters. The normalized spacial score (nSPS) is 11.6. The summed E-state index contributed by atoms with van der Waals surface area (Å²) in [4.78, 5) is 35.5. The zero-order valence-electron chi connectivity index (χ0n) is 29.6. The average Bonchev–Trinajstić information content (AvgIpc) is 3.03. The van der Waals surface area contributed by atoms with Crippen molar-refractivity contribution in [2.45, 2.75) is 174 Å². The first kappa shape index (κ1) is 43.6. The molecule has 0 fully saturated rings. The maximum absolute atomic E-state index is 12.0. The van der Waals surface area contributed by atoms with Gasteiger partial charge in [0.2, 0.25) is 0 Å². The van der Waals surface area contributed by atoms with Gasteiger partial charge in [-0.1, -0.05) is 129 Å². The van der Waals surface area contributed by atoms with Gasteiger partial charge in [0, 0.05) is 19.6 Å². The first-order valence-corrected chi connectivity index (χ1v) is 18.7. The van der Waals surface area contributed by atoms with E-state index in [1.54, 1.807) is 0 Å². The van der Waals surface area contributed by atoms with Gasteiger partial charge >= 0.3 is 17.9 Å². The third-order valence-electron chi connectivity index (χ3n) is 8.14. The topological polar surface area (TPSA) is 150 Å². The molecule has 0 saturated carbocycles. The van der Waals surface area contributed by atoms with E-state index in [-0.39, 0.29) is 37.3 Å². The molecule has 10 heteroatoms. The Kier molecular flexibility index (Phi) is 32.2. The van der Waals surface area contributed by atoms with Crippen molar-refractivity contribution in [1.29, 1.82) is 5.41 Å². The lowest BCUT2D eigenvalue weighted by atomic mass is 10.1. The first-order chi connectivity index (χ1) is 22.4. The highest BCUT2D eigenvalue weighted by molar-refractivity contribution is 5.77. The van der Waals surface area contributed by atoms with Crippen LogP contribution in [0.4, 0.5) is 0 Å². The quantitative estimate of drug-likeness (QED) is 0.0204. The summed E-state index contributed by atoms with van der Waals surface area (Å²) in [7, 11) is 0. The van der Waals surface area contributed by atoms with Crippen molar-refractivity contribution in [2.24, 2.45) is 0 Å². The number of aliphatic carboxylic acids is 1. The minimum atomic E-state index is -0.969. The van der Waals surface area contributed by atoms with Crippen LogP contribution < -0.4 is 16.0 Å². The van der Waals surface area contributed by atoms with Crippen molar-refractivity contribution in [2.75, 3.05) is 32.8 Å². The van der Waals surface area contributed by atoms with Crippen molar-refractivity contribution in [3.05, 3.63) is 0 Å². The lowest BCUT2D eigenvalue weighted by Crippen LogP contribution is -2.40. The Bertz CT molecular complexity index is 752. The Hall–Kier alpha value is -2.36. The molecule has 0 saturated heterocycles. The highest BCUT2D eigenvalue weighted by Gasteiger charge is 2.17. The minimum Gasteiger partial charge on any atom is -0.480 e. The molecular formula is C36H70N4O6. The summed E-state index contributed by atoms with van der Waals surface area (Å²) < 4.78 is 10.6. The lowest BCUT2D eigenvalue weighted by Gasteiger charge is -2.15. The fourth-order valence-electron chi connectivity index (χ4n) is 5.23. The van der Waals surface area contributed by atoms with Crippen LogP contribution in [0, 0.1) is 5.41 Å². The number of hydrogen-bond donors (Lipinski definition) is 5. The Morgan fingerprint density at radius 2 is 0.957 bits per heavy atom. The molecule has 0 aliphatic heterocycles. The average molecular weight is 655 g/mol. The number of nitrogens with one attached hydrogen (secondary N) is 4. The molecule has 5 N–H and O–H groups in total. The highest BCUT2D eigenvalue weighted by atomic mass is 16.5.